The van der Waals surface area contributed by atoms with Gasteiger partial charge in [-0.3, -0.25) is 19.4 Å². The minimum absolute atomic E-state index is 0.199. The van der Waals surface area contributed by atoms with E-state index in [1.54, 1.807) is 14.1 Å². The topological polar surface area (TPSA) is 47.1 Å². The Kier molecular flexibility index (Phi) is 4.32. The lowest BCUT2D eigenvalue weighted by Crippen LogP contribution is -2.74. The Hall–Kier alpha value is -2.93. The molecule has 0 aliphatic carbocycles. The van der Waals surface area contributed by atoms with Crippen LogP contribution in [0, 0.1) is 5.41 Å². The monoisotopic (exact) mass is 420 g/mol. The summed E-state index contributed by atoms with van der Waals surface area (Å²) in [6.07, 6.45) is 0.391. The Balaban J connectivity index is 1.65. The Morgan fingerprint density at radius 2 is 1.53 bits per heavy atom. The van der Waals surface area contributed by atoms with E-state index in [1.165, 1.54) is 9.80 Å². The molecule has 5 rings (SSSR count). The van der Waals surface area contributed by atoms with Crippen molar-refractivity contribution in [1.29, 1.82) is 0 Å². The highest BCUT2D eigenvalue weighted by Crippen LogP contribution is 2.47. The molecule has 2 amide bonds. The van der Waals surface area contributed by atoms with Crippen LogP contribution >= 0.6 is 12.2 Å². The summed E-state index contributed by atoms with van der Waals surface area (Å²) in [5.74, 6) is -0.398. The minimum Gasteiger partial charge on any atom is -0.368 e. The summed E-state index contributed by atoms with van der Waals surface area (Å²) in [6, 6.07) is 18.1. The van der Waals surface area contributed by atoms with Crippen molar-refractivity contribution in [1.82, 2.24) is 9.80 Å². The van der Waals surface area contributed by atoms with Gasteiger partial charge in [-0.05, 0) is 42.4 Å². The minimum atomic E-state index is -1.19. The fraction of sp³-hybridized carbons (Fsp3) is 0.348. The van der Waals surface area contributed by atoms with Crippen molar-refractivity contribution < 1.29 is 9.59 Å². The summed E-state index contributed by atoms with van der Waals surface area (Å²) in [6.45, 7) is 2.18. The second-order valence-corrected chi connectivity index (χ2v) is 8.64. The average molecular weight is 421 g/mol. The summed E-state index contributed by atoms with van der Waals surface area (Å²) < 4.78 is 0. The largest absolute Gasteiger partial charge is 0.368 e. The van der Waals surface area contributed by atoms with E-state index >= 15 is 0 Å². The number of para-hydroxylation sites is 2. The van der Waals surface area contributed by atoms with E-state index < -0.39 is 5.41 Å². The van der Waals surface area contributed by atoms with Gasteiger partial charge in [-0.25, -0.2) is 0 Å². The molecule has 2 fully saturated rings. The highest BCUT2D eigenvalue weighted by atomic mass is 32.1. The normalized spacial score (nSPS) is 23.0. The SMILES string of the molecule is CN1C(=O)C2(Cc3ccccc3N3CCN(c4ccccc4)CC32)C(=O)N(C)C1=S. The van der Waals surface area contributed by atoms with Gasteiger partial charge in [-0.1, -0.05) is 36.4 Å². The first-order valence-electron chi connectivity index (χ1n) is 10.2. The molecule has 3 heterocycles. The van der Waals surface area contributed by atoms with Crippen molar-refractivity contribution in [3.05, 3.63) is 60.2 Å². The molecule has 1 atom stereocenters. The maximum atomic E-state index is 13.7. The van der Waals surface area contributed by atoms with Gasteiger partial charge in [0, 0.05) is 45.1 Å². The molecule has 3 aliphatic heterocycles. The third-order valence-electron chi connectivity index (χ3n) is 6.79. The highest BCUT2D eigenvalue weighted by molar-refractivity contribution is 7.80. The lowest BCUT2D eigenvalue weighted by atomic mass is 9.67. The van der Waals surface area contributed by atoms with Crippen LogP contribution in [0.1, 0.15) is 5.56 Å². The van der Waals surface area contributed by atoms with Crippen molar-refractivity contribution in [2.75, 3.05) is 43.5 Å². The Bertz CT molecular complexity index is 1020. The molecule has 0 radical (unpaired) electrons. The van der Waals surface area contributed by atoms with Crippen LogP contribution in [0.15, 0.2) is 54.6 Å². The second kappa shape index (κ2) is 6.80. The summed E-state index contributed by atoms with van der Waals surface area (Å²) in [4.78, 5) is 34.9. The maximum absolute atomic E-state index is 13.7. The quantitative estimate of drug-likeness (QED) is 0.523. The number of rotatable bonds is 1. The number of carbonyl (C=O) groups excluding carboxylic acids is 2. The van der Waals surface area contributed by atoms with Crippen LogP contribution in [0.5, 0.6) is 0 Å². The zero-order valence-corrected chi connectivity index (χ0v) is 17.9. The number of hydrogen-bond donors (Lipinski definition) is 0. The second-order valence-electron chi connectivity index (χ2n) is 8.28. The smallest absolute Gasteiger partial charge is 0.246 e. The van der Waals surface area contributed by atoms with Gasteiger partial charge in [-0.15, -0.1) is 0 Å². The van der Waals surface area contributed by atoms with E-state index in [0.717, 1.165) is 30.0 Å². The molecule has 6 nitrogen and oxygen atoms in total. The maximum Gasteiger partial charge on any atom is 0.246 e. The van der Waals surface area contributed by atoms with Gasteiger partial charge in [0.05, 0.1) is 6.04 Å². The van der Waals surface area contributed by atoms with Crippen LogP contribution in [0.25, 0.3) is 0 Å². The molecule has 2 saturated heterocycles. The zero-order chi connectivity index (χ0) is 21.0. The standard InChI is InChI=1S/C23H24N4O2S/c1-24-20(28)23(21(29)25(2)22(24)30)14-16-8-6-7-11-18(16)27-13-12-26(15-19(23)27)17-9-4-3-5-10-17/h3-11,19H,12-15H2,1-2H3. The molecular formula is C23H24N4O2S. The van der Waals surface area contributed by atoms with Crippen LogP contribution in [0.3, 0.4) is 0 Å². The first kappa shape index (κ1) is 19.1. The van der Waals surface area contributed by atoms with Crippen molar-refractivity contribution in [3.63, 3.8) is 0 Å². The summed E-state index contributed by atoms with van der Waals surface area (Å²) >= 11 is 5.37. The van der Waals surface area contributed by atoms with E-state index in [2.05, 4.69) is 28.0 Å². The van der Waals surface area contributed by atoms with E-state index in [-0.39, 0.29) is 23.0 Å². The van der Waals surface area contributed by atoms with Crippen LogP contribution in [0.4, 0.5) is 11.4 Å². The Morgan fingerprint density at radius 3 is 2.23 bits per heavy atom. The van der Waals surface area contributed by atoms with E-state index in [9.17, 15) is 9.59 Å². The molecule has 3 aliphatic rings. The van der Waals surface area contributed by atoms with Gasteiger partial charge in [0.15, 0.2) is 10.5 Å². The Morgan fingerprint density at radius 1 is 0.900 bits per heavy atom. The number of piperazine rings is 1. The lowest BCUT2D eigenvalue weighted by Gasteiger charge is -2.57. The van der Waals surface area contributed by atoms with Crippen LogP contribution in [0.2, 0.25) is 0 Å². The molecule has 30 heavy (non-hydrogen) atoms. The number of nitrogens with zero attached hydrogens (tertiary/aromatic N) is 4. The molecule has 0 N–H and O–H groups in total. The third-order valence-corrected chi connectivity index (χ3v) is 7.34. The molecule has 1 spiro atoms. The molecule has 1 unspecified atom stereocenters. The van der Waals surface area contributed by atoms with Gasteiger partial charge in [0.25, 0.3) is 0 Å². The summed E-state index contributed by atoms with van der Waals surface area (Å²) in [5.41, 5.74) is 2.09. The number of amides is 2. The third kappa shape index (κ3) is 2.51. The Labute approximate surface area is 181 Å². The number of hydrogen-bond acceptors (Lipinski definition) is 5. The number of carbonyl (C=O) groups is 2. The number of anilines is 2. The van der Waals surface area contributed by atoms with Gasteiger partial charge in [0.2, 0.25) is 11.8 Å². The van der Waals surface area contributed by atoms with Gasteiger partial charge in [0.1, 0.15) is 0 Å². The summed E-state index contributed by atoms with van der Waals surface area (Å²) in [5, 5.41) is 0.261. The van der Waals surface area contributed by atoms with Crippen LogP contribution < -0.4 is 9.80 Å². The van der Waals surface area contributed by atoms with Crippen LogP contribution in [-0.4, -0.2) is 66.5 Å². The summed E-state index contributed by atoms with van der Waals surface area (Å²) in [7, 11) is 3.36. The molecule has 0 saturated carbocycles. The molecule has 154 valence electrons. The van der Waals surface area contributed by atoms with E-state index in [4.69, 9.17) is 12.2 Å². The average Bonchev–Trinajstić information content (AvgIpc) is 2.80. The number of fused-ring (bicyclic) bond motifs is 4. The fourth-order valence-electron chi connectivity index (χ4n) is 5.25. The predicted octanol–water partition coefficient (Wildman–Crippen LogP) is 2.14. The van der Waals surface area contributed by atoms with Gasteiger partial charge in [-0.2, -0.15) is 0 Å². The van der Waals surface area contributed by atoms with Crippen molar-refractivity contribution in [2.45, 2.75) is 12.5 Å². The van der Waals surface area contributed by atoms with E-state index in [1.807, 2.05) is 36.4 Å². The predicted molar refractivity (Wildman–Crippen MR) is 121 cm³/mol. The number of thiocarbonyl (C=S) groups is 1. The molecule has 0 bridgehead atoms. The molecule has 0 aromatic heterocycles. The first-order valence-corrected chi connectivity index (χ1v) is 10.6. The van der Waals surface area contributed by atoms with Crippen molar-refractivity contribution >= 4 is 40.5 Å². The molecule has 7 heteroatoms. The van der Waals surface area contributed by atoms with Gasteiger partial charge >= 0.3 is 0 Å². The van der Waals surface area contributed by atoms with Gasteiger partial charge < -0.3 is 9.80 Å². The van der Waals surface area contributed by atoms with Crippen LogP contribution in [-0.2, 0) is 16.0 Å². The van der Waals surface area contributed by atoms with E-state index in [0.29, 0.717) is 13.0 Å². The van der Waals surface area contributed by atoms with Crippen molar-refractivity contribution in [2.24, 2.45) is 5.41 Å². The lowest BCUT2D eigenvalue weighted by molar-refractivity contribution is -0.157. The molecular weight excluding hydrogens is 396 g/mol. The number of benzene rings is 2. The zero-order valence-electron chi connectivity index (χ0n) is 17.1. The fourth-order valence-corrected chi connectivity index (χ4v) is 5.42. The van der Waals surface area contributed by atoms with Crippen molar-refractivity contribution in [3.8, 4) is 0 Å². The molecule has 2 aromatic rings. The first-order chi connectivity index (χ1) is 14.4. The molecule has 2 aromatic carbocycles. The highest BCUT2D eigenvalue weighted by Gasteiger charge is 2.63.